The lowest BCUT2D eigenvalue weighted by Gasteiger charge is -2.08. The minimum atomic E-state index is 0.465. The second-order valence-electron chi connectivity index (χ2n) is 3.78. The fraction of sp³-hybridized carbons (Fsp3) is 0.231. The van der Waals surface area contributed by atoms with E-state index in [1.807, 2.05) is 31.2 Å². The molecule has 0 saturated heterocycles. The maximum Gasteiger partial charge on any atom is 0.161 e. The van der Waals surface area contributed by atoms with Gasteiger partial charge >= 0.3 is 0 Å². The number of aryl methyl sites for hydroxylation is 1. The quantitative estimate of drug-likeness (QED) is 0.946. The third-order valence-electron chi connectivity index (χ3n) is 2.63. The first-order chi connectivity index (χ1) is 8.65. The molecule has 1 heterocycles. The Labute approximate surface area is 114 Å². The van der Waals surface area contributed by atoms with Crippen molar-refractivity contribution >= 4 is 21.7 Å². The van der Waals surface area contributed by atoms with Gasteiger partial charge in [-0.25, -0.2) is 9.97 Å². The van der Waals surface area contributed by atoms with Crippen molar-refractivity contribution in [1.29, 1.82) is 0 Å². The Bertz CT molecular complexity index is 555. The topological polar surface area (TPSA) is 61.0 Å². The highest BCUT2D eigenvalue weighted by Gasteiger charge is 2.10. The minimum Gasteiger partial charge on any atom is -0.497 e. The van der Waals surface area contributed by atoms with Gasteiger partial charge in [-0.3, -0.25) is 0 Å². The number of methoxy groups -OCH3 is 1. The summed E-state index contributed by atoms with van der Waals surface area (Å²) in [6, 6.07) is 7.59. The van der Waals surface area contributed by atoms with E-state index in [1.165, 1.54) is 0 Å². The first-order valence-electron chi connectivity index (χ1n) is 5.62. The predicted octanol–water partition coefficient (Wildman–Crippen LogP) is 3.06. The summed E-state index contributed by atoms with van der Waals surface area (Å²) in [6.07, 6.45) is 0.802. The zero-order chi connectivity index (χ0) is 13.1. The molecule has 2 aromatic rings. The summed E-state index contributed by atoms with van der Waals surface area (Å²) in [7, 11) is 1.64. The molecule has 0 amide bonds. The zero-order valence-electron chi connectivity index (χ0n) is 10.3. The van der Waals surface area contributed by atoms with Gasteiger partial charge in [0, 0.05) is 5.56 Å². The van der Waals surface area contributed by atoms with Crippen LogP contribution in [0.15, 0.2) is 28.7 Å². The molecule has 5 heteroatoms. The van der Waals surface area contributed by atoms with Crippen LogP contribution < -0.4 is 10.5 Å². The second-order valence-corrected chi connectivity index (χ2v) is 4.57. The summed E-state index contributed by atoms with van der Waals surface area (Å²) in [5.41, 5.74) is 7.70. The number of hydrogen-bond donors (Lipinski definition) is 1. The van der Waals surface area contributed by atoms with Gasteiger partial charge in [-0.2, -0.15) is 0 Å². The zero-order valence-corrected chi connectivity index (χ0v) is 11.9. The number of rotatable bonds is 3. The molecule has 0 aliphatic carbocycles. The fourth-order valence-electron chi connectivity index (χ4n) is 1.62. The summed E-state index contributed by atoms with van der Waals surface area (Å²) in [6.45, 7) is 2.03. The number of benzene rings is 1. The standard InChI is InChI=1S/C13H14BrN3O/c1-3-10-11(14)12(15)17-13(16-10)8-4-6-9(18-2)7-5-8/h4-7H,3H2,1-2H3,(H2,15,16,17). The van der Waals surface area contributed by atoms with E-state index >= 15 is 0 Å². The average molecular weight is 308 g/mol. The molecule has 1 aromatic carbocycles. The van der Waals surface area contributed by atoms with Crippen LogP contribution in [0, 0.1) is 0 Å². The lowest BCUT2D eigenvalue weighted by atomic mass is 10.2. The predicted molar refractivity (Wildman–Crippen MR) is 75.5 cm³/mol. The van der Waals surface area contributed by atoms with Crippen LogP contribution in [0.2, 0.25) is 0 Å². The molecular weight excluding hydrogens is 294 g/mol. The van der Waals surface area contributed by atoms with Crippen LogP contribution in [0.1, 0.15) is 12.6 Å². The van der Waals surface area contributed by atoms with E-state index in [2.05, 4.69) is 25.9 Å². The smallest absolute Gasteiger partial charge is 0.161 e. The van der Waals surface area contributed by atoms with Gasteiger partial charge in [0.05, 0.1) is 17.3 Å². The molecule has 0 fully saturated rings. The minimum absolute atomic E-state index is 0.465. The van der Waals surface area contributed by atoms with Crippen LogP contribution in [0.25, 0.3) is 11.4 Å². The summed E-state index contributed by atoms with van der Waals surface area (Å²) < 4.78 is 5.90. The average Bonchev–Trinajstić information content (AvgIpc) is 2.42. The molecule has 18 heavy (non-hydrogen) atoms. The highest BCUT2D eigenvalue weighted by molar-refractivity contribution is 9.10. The largest absolute Gasteiger partial charge is 0.497 e. The van der Waals surface area contributed by atoms with Gasteiger partial charge in [0.25, 0.3) is 0 Å². The van der Waals surface area contributed by atoms with E-state index < -0.39 is 0 Å². The maximum absolute atomic E-state index is 5.87. The highest BCUT2D eigenvalue weighted by atomic mass is 79.9. The third kappa shape index (κ3) is 2.46. The molecule has 0 aliphatic heterocycles. The lowest BCUT2D eigenvalue weighted by Crippen LogP contribution is -2.02. The van der Waals surface area contributed by atoms with Gasteiger partial charge in [-0.1, -0.05) is 6.92 Å². The van der Waals surface area contributed by atoms with Crippen LogP contribution in [0.4, 0.5) is 5.82 Å². The number of anilines is 1. The van der Waals surface area contributed by atoms with Gasteiger partial charge in [0.15, 0.2) is 5.82 Å². The van der Waals surface area contributed by atoms with Crippen LogP contribution >= 0.6 is 15.9 Å². The molecule has 0 aliphatic rings. The Kier molecular flexibility index (Phi) is 3.81. The Balaban J connectivity index is 2.46. The highest BCUT2D eigenvalue weighted by Crippen LogP contribution is 2.26. The number of ether oxygens (including phenoxy) is 1. The molecular formula is C13H14BrN3O. The van der Waals surface area contributed by atoms with Crippen molar-refractivity contribution in [3.05, 3.63) is 34.4 Å². The summed E-state index contributed by atoms with van der Waals surface area (Å²) >= 11 is 3.40. The molecule has 2 N–H and O–H groups in total. The van der Waals surface area contributed by atoms with E-state index in [9.17, 15) is 0 Å². The molecule has 1 aromatic heterocycles. The SMILES string of the molecule is CCc1nc(-c2ccc(OC)cc2)nc(N)c1Br. The van der Waals surface area contributed by atoms with Crippen molar-refractivity contribution in [1.82, 2.24) is 9.97 Å². The van der Waals surface area contributed by atoms with E-state index in [0.717, 1.165) is 27.9 Å². The van der Waals surface area contributed by atoms with E-state index in [-0.39, 0.29) is 0 Å². The summed E-state index contributed by atoms with van der Waals surface area (Å²) in [5, 5.41) is 0. The van der Waals surface area contributed by atoms with Crippen LogP contribution in [-0.2, 0) is 6.42 Å². The van der Waals surface area contributed by atoms with E-state index in [1.54, 1.807) is 7.11 Å². The van der Waals surface area contributed by atoms with Crippen molar-refractivity contribution in [2.45, 2.75) is 13.3 Å². The number of nitrogens with zero attached hydrogens (tertiary/aromatic N) is 2. The van der Waals surface area contributed by atoms with Crippen molar-refractivity contribution in [3.8, 4) is 17.1 Å². The first kappa shape index (κ1) is 12.8. The maximum atomic E-state index is 5.87. The Hall–Kier alpha value is -1.62. The van der Waals surface area contributed by atoms with Crippen LogP contribution in [-0.4, -0.2) is 17.1 Å². The van der Waals surface area contributed by atoms with E-state index in [0.29, 0.717) is 11.6 Å². The Morgan fingerprint density at radius 2 is 1.89 bits per heavy atom. The van der Waals surface area contributed by atoms with Gasteiger partial charge < -0.3 is 10.5 Å². The molecule has 0 radical (unpaired) electrons. The van der Waals surface area contributed by atoms with Crippen molar-refractivity contribution in [2.24, 2.45) is 0 Å². The Morgan fingerprint density at radius 3 is 2.44 bits per heavy atom. The molecule has 2 rings (SSSR count). The number of halogens is 1. The van der Waals surface area contributed by atoms with E-state index in [4.69, 9.17) is 10.5 Å². The lowest BCUT2D eigenvalue weighted by molar-refractivity contribution is 0.415. The van der Waals surface area contributed by atoms with Crippen molar-refractivity contribution < 1.29 is 4.74 Å². The summed E-state index contributed by atoms with van der Waals surface area (Å²) in [5.74, 6) is 1.91. The number of nitrogen functional groups attached to an aromatic ring is 1. The van der Waals surface area contributed by atoms with Crippen molar-refractivity contribution in [2.75, 3.05) is 12.8 Å². The third-order valence-corrected chi connectivity index (χ3v) is 3.49. The molecule has 4 nitrogen and oxygen atoms in total. The van der Waals surface area contributed by atoms with Gasteiger partial charge in [-0.05, 0) is 46.6 Å². The van der Waals surface area contributed by atoms with Gasteiger partial charge in [0.1, 0.15) is 11.6 Å². The molecule has 0 saturated carbocycles. The molecule has 0 bridgehead atoms. The fourth-order valence-corrected chi connectivity index (χ4v) is 2.07. The van der Waals surface area contributed by atoms with Gasteiger partial charge in [-0.15, -0.1) is 0 Å². The number of nitrogens with two attached hydrogens (primary N) is 1. The Morgan fingerprint density at radius 1 is 1.22 bits per heavy atom. The summed E-state index contributed by atoms with van der Waals surface area (Å²) in [4.78, 5) is 8.78. The van der Waals surface area contributed by atoms with Crippen LogP contribution in [0.5, 0.6) is 5.75 Å². The number of hydrogen-bond acceptors (Lipinski definition) is 4. The molecule has 0 atom stereocenters. The second kappa shape index (κ2) is 5.35. The number of aromatic nitrogens is 2. The monoisotopic (exact) mass is 307 g/mol. The first-order valence-corrected chi connectivity index (χ1v) is 6.41. The normalized spacial score (nSPS) is 10.4. The molecule has 0 unspecified atom stereocenters. The van der Waals surface area contributed by atoms with Gasteiger partial charge in [0.2, 0.25) is 0 Å². The molecule has 94 valence electrons. The molecule has 0 spiro atoms. The van der Waals surface area contributed by atoms with Crippen molar-refractivity contribution in [3.63, 3.8) is 0 Å². The van der Waals surface area contributed by atoms with Crippen LogP contribution in [0.3, 0.4) is 0 Å².